The minimum atomic E-state index is -1.16. The summed E-state index contributed by atoms with van der Waals surface area (Å²) < 4.78 is 4.39. The smallest absolute Gasteiger partial charge is 0.277 e. The van der Waals surface area contributed by atoms with Gasteiger partial charge in [-0.1, -0.05) is 23.2 Å². The number of amides is 1. The van der Waals surface area contributed by atoms with Crippen molar-refractivity contribution >= 4 is 45.0 Å². The second-order valence-corrected chi connectivity index (χ2v) is 6.15. The molecule has 0 bridgehead atoms. The summed E-state index contributed by atoms with van der Waals surface area (Å²) in [5.74, 6) is 0.175. The monoisotopic (exact) mass is 339 g/mol. The van der Waals surface area contributed by atoms with Crippen LogP contribution < -0.4 is 4.74 Å². The normalized spacial score (nSPS) is 14.0. The molecule has 1 unspecified atom stereocenters. The molecule has 0 aromatic heterocycles. The molecule has 0 saturated heterocycles. The van der Waals surface area contributed by atoms with Gasteiger partial charge >= 0.3 is 0 Å². The highest BCUT2D eigenvalue weighted by Crippen LogP contribution is 2.33. The number of halogens is 3. The summed E-state index contributed by atoms with van der Waals surface area (Å²) in [7, 11) is 3.29. The fraction of sp³-hybridized carbons (Fsp3) is 0.364. The predicted octanol–water partition coefficient (Wildman–Crippen LogP) is 3.57. The van der Waals surface area contributed by atoms with Gasteiger partial charge in [-0.2, -0.15) is 0 Å². The Morgan fingerprint density at radius 2 is 2.00 bits per heavy atom. The maximum absolute atomic E-state index is 11.8. The Bertz CT molecular complexity index is 435. The van der Waals surface area contributed by atoms with Gasteiger partial charge in [-0.25, -0.2) is 0 Å². The zero-order chi connectivity index (χ0) is 13.2. The third kappa shape index (κ3) is 3.76. The highest BCUT2D eigenvalue weighted by Gasteiger charge is 2.34. The van der Waals surface area contributed by atoms with E-state index in [1.54, 1.807) is 39.2 Å². The molecule has 17 heavy (non-hydrogen) atoms. The second-order valence-electron chi connectivity index (χ2n) is 3.79. The largest absolute Gasteiger partial charge is 0.465 e. The summed E-state index contributed by atoms with van der Waals surface area (Å²) in [5, 5.41) is 0.868. The van der Waals surface area contributed by atoms with Crippen molar-refractivity contribution in [3.63, 3.8) is 0 Å². The van der Waals surface area contributed by atoms with Crippen LogP contribution in [0, 0.1) is 0 Å². The van der Waals surface area contributed by atoms with E-state index in [-0.39, 0.29) is 5.91 Å². The maximum atomic E-state index is 11.8. The Morgan fingerprint density at radius 3 is 2.47 bits per heavy atom. The van der Waals surface area contributed by atoms with Gasteiger partial charge in [0.2, 0.25) is 4.51 Å². The van der Waals surface area contributed by atoms with Crippen LogP contribution in [0.1, 0.15) is 6.92 Å². The van der Waals surface area contributed by atoms with Gasteiger partial charge in [-0.3, -0.25) is 4.79 Å². The molecular weight excluding hydrogens is 329 g/mol. The summed E-state index contributed by atoms with van der Waals surface area (Å²) >= 11 is 15.0. The van der Waals surface area contributed by atoms with E-state index < -0.39 is 4.51 Å². The number of hydrogen-bond acceptors (Lipinski definition) is 2. The summed E-state index contributed by atoms with van der Waals surface area (Å²) in [4.78, 5) is 13.3. The third-order valence-corrected chi connectivity index (χ3v) is 3.02. The Kier molecular flexibility index (Phi) is 4.69. The van der Waals surface area contributed by atoms with Gasteiger partial charge < -0.3 is 9.64 Å². The lowest BCUT2D eigenvalue weighted by Gasteiger charge is -2.26. The van der Waals surface area contributed by atoms with Gasteiger partial charge in [-0.15, -0.1) is 0 Å². The Labute approximate surface area is 119 Å². The first-order valence-electron chi connectivity index (χ1n) is 4.79. The minimum absolute atomic E-state index is 0.219. The lowest BCUT2D eigenvalue weighted by molar-refractivity contribution is -0.137. The Morgan fingerprint density at radius 1 is 1.41 bits per heavy atom. The summed E-state index contributed by atoms with van der Waals surface area (Å²) in [6, 6.07) is 4.82. The highest BCUT2D eigenvalue weighted by molar-refractivity contribution is 9.10. The topological polar surface area (TPSA) is 29.5 Å². The first-order chi connectivity index (χ1) is 7.74. The van der Waals surface area contributed by atoms with Gasteiger partial charge in [0, 0.05) is 19.1 Å². The molecule has 6 heteroatoms. The molecule has 0 aliphatic heterocycles. The average molecular weight is 341 g/mol. The summed E-state index contributed by atoms with van der Waals surface area (Å²) in [6.07, 6.45) is 0. The number of carbonyl (C=O) groups excluding carboxylic acids is 1. The van der Waals surface area contributed by atoms with E-state index in [0.717, 1.165) is 0 Å². The van der Waals surface area contributed by atoms with Crippen molar-refractivity contribution < 1.29 is 9.53 Å². The summed E-state index contributed by atoms with van der Waals surface area (Å²) in [5.41, 5.74) is 0. The molecule has 3 nitrogen and oxygen atoms in total. The van der Waals surface area contributed by atoms with E-state index in [2.05, 4.69) is 15.9 Å². The zero-order valence-electron chi connectivity index (χ0n) is 9.63. The molecule has 0 radical (unpaired) electrons. The Hall–Kier alpha value is -0.450. The van der Waals surface area contributed by atoms with Gasteiger partial charge in [-0.05, 0) is 41.1 Å². The number of hydrogen-bond donors (Lipinski definition) is 0. The average Bonchev–Trinajstić information content (AvgIpc) is 2.21. The zero-order valence-corrected chi connectivity index (χ0v) is 12.7. The quantitative estimate of drug-likeness (QED) is 0.787. The van der Waals surface area contributed by atoms with E-state index in [0.29, 0.717) is 15.8 Å². The van der Waals surface area contributed by atoms with E-state index >= 15 is 0 Å². The van der Waals surface area contributed by atoms with Crippen molar-refractivity contribution in [1.82, 2.24) is 4.90 Å². The van der Waals surface area contributed by atoms with Crippen molar-refractivity contribution in [2.45, 2.75) is 11.4 Å². The van der Waals surface area contributed by atoms with E-state index in [1.165, 1.54) is 4.90 Å². The standard InChI is InChI=1S/C11H12BrCl2NO2/c1-11(12,10(16)15(2)3)17-9-5-4-7(13)6-8(9)14/h4-6H,1-3H3. The van der Waals surface area contributed by atoms with Crippen molar-refractivity contribution in [2.24, 2.45) is 0 Å². The lowest BCUT2D eigenvalue weighted by atomic mass is 10.3. The van der Waals surface area contributed by atoms with Crippen LogP contribution in [0.5, 0.6) is 5.75 Å². The van der Waals surface area contributed by atoms with Gasteiger partial charge in [0.1, 0.15) is 5.75 Å². The van der Waals surface area contributed by atoms with E-state index in [1.807, 2.05) is 0 Å². The second kappa shape index (κ2) is 5.46. The fourth-order valence-electron chi connectivity index (χ4n) is 1.21. The molecule has 0 spiro atoms. The van der Waals surface area contributed by atoms with Crippen LogP contribution >= 0.6 is 39.1 Å². The molecule has 1 amide bonds. The molecular formula is C11H12BrCl2NO2. The molecule has 94 valence electrons. The van der Waals surface area contributed by atoms with Crippen molar-refractivity contribution in [1.29, 1.82) is 0 Å². The third-order valence-electron chi connectivity index (χ3n) is 1.98. The highest BCUT2D eigenvalue weighted by atomic mass is 79.9. The number of benzene rings is 1. The maximum Gasteiger partial charge on any atom is 0.277 e. The molecule has 0 heterocycles. The molecule has 1 rings (SSSR count). The minimum Gasteiger partial charge on any atom is -0.465 e. The molecule has 1 atom stereocenters. The number of carbonyl (C=O) groups is 1. The van der Waals surface area contributed by atoms with Crippen LogP contribution in [-0.4, -0.2) is 29.4 Å². The Balaban J connectivity index is 2.94. The van der Waals surface area contributed by atoms with Crippen molar-refractivity contribution in [3.8, 4) is 5.75 Å². The van der Waals surface area contributed by atoms with Crippen LogP contribution in [0.3, 0.4) is 0 Å². The summed E-state index contributed by atoms with van der Waals surface area (Å²) in [6.45, 7) is 1.61. The first-order valence-corrected chi connectivity index (χ1v) is 6.33. The molecule has 0 aliphatic rings. The molecule has 0 fully saturated rings. The van der Waals surface area contributed by atoms with Gasteiger partial charge in [0.15, 0.2) is 0 Å². The molecule has 0 aliphatic carbocycles. The number of alkyl halides is 1. The van der Waals surface area contributed by atoms with Crippen LogP contribution in [0.25, 0.3) is 0 Å². The molecule has 0 N–H and O–H groups in total. The van der Waals surface area contributed by atoms with E-state index in [9.17, 15) is 4.79 Å². The lowest BCUT2D eigenvalue weighted by Crippen LogP contribution is -2.43. The van der Waals surface area contributed by atoms with Crippen molar-refractivity contribution in [2.75, 3.05) is 14.1 Å². The molecule has 1 aromatic carbocycles. The van der Waals surface area contributed by atoms with E-state index in [4.69, 9.17) is 27.9 Å². The fourth-order valence-corrected chi connectivity index (χ4v) is 2.18. The number of rotatable bonds is 3. The predicted molar refractivity (Wildman–Crippen MR) is 73.1 cm³/mol. The number of ether oxygens (including phenoxy) is 1. The first kappa shape index (κ1) is 14.6. The SMILES string of the molecule is CN(C)C(=O)C(C)(Br)Oc1ccc(Cl)cc1Cl. The van der Waals surface area contributed by atoms with Gasteiger partial charge in [0.05, 0.1) is 5.02 Å². The number of likely N-dealkylation sites (N-methyl/N-ethyl adjacent to an activating group) is 1. The van der Waals surface area contributed by atoms with Crippen molar-refractivity contribution in [3.05, 3.63) is 28.2 Å². The van der Waals surface area contributed by atoms with Crippen LogP contribution in [0.4, 0.5) is 0 Å². The van der Waals surface area contributed by atoms with Gasteiger partial charge in [0.25, 0.3) is 5.91 Å². The van der Waals surface area contributed by atoms with Crippen LogP contribution in [0.2, 0.25) is 10.0 Å². The molecule has 0 saturated carbocycles. The molecule has 1 aromatic rings. The number of nitrogens with zero attached hydrogens (tertiary/aromatic N) is 1. The van der Waals surface area contributed by atoms with Crippen LogP contribution in [0.15, 0.2) is 18.2 Å². The van der Waals surface area contributed by atoms with Crippen LogP contribution in [-0.2, 0) is 4.79 Å².